The number of carbonyl (C=O) groups is 1. The lowest BCUT2D eigenvalue weighted by molar-refractivity contribution is 0.0526. The number of nitrogens with zero attached hydrogens (tertiary/aromatic N) is 4. The van der Waals surface area contributed by atoms with E-state index in [0.717, 1.165) is 21.7 Å². The van der Waals surface area contributed by atoms with E-state index in [1.54, 1.807) is 49.0 Å². The Morgan fingerprint density at radius 3 is 2.71 bits per heavy atom. The number of carbonyl (C=O) groups excluding carboxylic acids is 1. The second kappa shape index (κ2) is 9.38. The second-order valence-corrected chi connectivity index (χ2v) is 8.00. The van der Waals surface area contributed by atoms with Crippen LogP contribution in [0, 0.1) is 6.92 Å². The van der Waals surface area contributed by atoms with Crippen molar-refractivity contribution in [2.75, 3.05) is 18.5 Å². The molecule has 0 saturated carbocycles. The van der Waals surface area contributed by atoms with Gasteiger partial charge in [-0.25, -0.2) is 9.78 Å². The third-order valence-corrected chi connectivity index (χ3v) is 5.69. The lowest BCUT2D eigenvalue weighted by atomic mass is 10.1. The van der Waals surface area contributed by atoms with E-state index >= 15 is 0 Å². The van der Waals surface area contributed by atoms with Gasteiger partial charge < -0.3 is 19.1 Å². The third-order valence-electron chi connectivity index (χ3n) is 5.69. The quantitative estimate of drug-likeness (QED) is 0.353. The average molecular weight is 470 g/mol. The Bertz CT molecular complexity index is 1610. The molecule has 0 aliphatic carbocycles. The van der Waals surface area contributed by atoms with Crippen molar-refractivity contribution < 1.29 is 14.1 Å². The normalized spacial score (nSPS) is 11.1. The standard InChI is InChI=1S/C26H23N5O4/c1-3-34-26(33)20-7-5-18-9-12-31(25(32)22(18)15-20)13-11-28-24-21-14-19(23-29-16(2)35-30-23)6-4-17(21)8-10-27-24/h4-10,12,14-15H,3,11,13H2,1-2H3,(H,27,28). The van der Waals surface area contributed by atoms with Crippen molar-refractivity contribution in [3.05, 3.63) is 82.7 Å². The van der Waals surface area contributed by atoms with Gasteiger partial charge >= 0.3 is 5.97 Å². The Labute approximate surface area is 200 Å². The first-order valence-corrected chi connectivity index (χ1v) is 11.3. The van der Waals surface area contributed by atoms with Gasteiger partial charge in [0.15, 0.2) is 0 Å². The fourth-order valence-corrected chi connectivity index (χ4v) is 3.96. The molecule has 0 aliphatic rings. The predicted octanol–water partition coefficient (Wildman–Crippen LogP) is 4.20. The fourth-order valence-electron chi connectivity index (χ4n) is 3.96. The zero-order chi connectivity index (χ0) is 24.4. The minimum atomic E-state index is -0.441. The van der Waals surface area contributed by atoms with Gasteiger partial charge in [-0.2, -0.15) is 4.98 Å². The second-order valence-electron chi connectivity index (χ2n) is 8.00. The number of rotatable bonds is 7. The number of hydrogen-bond acceptors (Lipinski definition) is 8. The summed E-state index contributed by atoms with van der Waals surface area (Å²) >= 11 is 0. The molecule has 1 N–H and O–H groups in total. The molecule has 3 aromatic heterocycles. The summed E-state index contributed by atoms with van der Waals surface area (Å²) in [5, 5.41) is 10.5. The van der Waals surface area contributed by atoms with Gasteiger partial charge in [0, 0.05) is 48.7 Å². The molecular weight excluding hydrogens is 446 g/mol. The topological polar surface area (TPSA) is 112 Å². The Kier molecular flexibility index (Phi) is 5.97. The first-order valence-electron chi connectivity index (χ1n) is 11.3. The molecule has 9 nitrogen and oxygen atoms in total. The van der Waals surface area contributed by atoms with Gasteiger partial charge in [-0.15, -0.1) is 0 Å². The van der Waals surface area contributed by atoms with Gasteiger partial charge in [0.25, 0.3) is 5.56 Å². The number of esters is 1. The van der Waals surface area contributed by atoms with Crippen LogP contribution in [0.2, 0.25) is 0 Å². The largest absolute Gasteiger partial charge is 0.462 e. The summed E-state index contributed by atoms with van der Waals surface area (Å²) in [4.78, 5) is 33.9. The lowest BCUT2D eigenvalue weighted by Crippen LogP contribution is -2.23. The molecule has 5 rings (SSSR count). The van der Waals surface area contributed by atoms with Crippen LogP contribution >= 0.6 is 0 Å². The first-order chi connectivity index (χ1) is 17.0. The minimum Gasteiger partial charge on any atom is -0.462 e. The van der Waals surface area contributed by atoms with Crippen molar-refractivity contribution in [2.24, 2.45) is 0 Å². The van der Waals surface area contributed by atoms with Crippen molar-refractivity contribution in [2.45, 2.75) is 20.4 Å². The van der Waals surface area contributed by atoms with E-state index in [4.69, 9.17) is 9.26 Å². The van der Waals surface area contributed by atoms with Crippen LogP contribution in [0.5, 0.6) is 0 Å². The Hall–Kier alpha value is -4.53. The monoisotopic (exact) mass is 469 g/mol. The van der Waals surface area contributed by atoms with E-state index in [2.05, 4.69) is 20.4 Å². The molecule has 35 heavy (non-hydrogen) atoms. The number of anilines is 1. The number of fused-ring (bicyclic) bond motifs is 2. The highest BCUT2D eigenvalue weighted by atomic mass is 16.5. The molecule has 0 spiro atoms. The van der Waals surface area contributed by atoms with Gasteiger partial charge in [-0.1, -0.05) is 23.4 Å². The van der Waals surface area contributed by atoms with E-state index in [9.17, 15) is 9.59 Å². The Balaban J connectivity index is 1.38. The summed E-state index contributed by atoms with van der Waals surface area (Å²) in [5.41, 5.74) is 1.02. The highest BCUT2D eigenvalue weighted by Gasteiger charge is 2.11. The SMILES string of the molecule is CCOC(=O)c1ccc2ccn(CCNc3nccc4ccc(-c5noc(C)n5)cc34)c(=O)c2c1. The van der Waals surface area contributed by atoms with E-state index in [1.165, 1.54) is 0 Å². The Morgan fingerprint density at radius 2 is 1.91 bits per heavy atom. The van der Waals surface area contributed by atoms with E-state index < -0.39 is 5.97 Å². The summed E-state index contributed by atoms with van der Waals surface area (Å²) in [5.74, 6) is 1.27. The maximum atomic E-state index is 13.1. The summed E-state index contributed by atoms with van der Waals surface area (Å²) in [6, 6.07) is 14.7. The predicted molar refractivity (Wildman–Crippen MR) is 132 cm³/mol. The van der Waals surface area contributed by atoms with Crippen molar-refractivity contribution in [3.63, 3.8) is 0 Å². The molecule has 9 heteroatoms. The van der Waals surface area contributed by atoms with Gasteiger partial charge in [0.2, 0.25) is 11.7 Å². The molecule has 0 radical (unpaired) electrons. The first kappa shape index (κ1) is 22.3. The maximum absolute atomic E-state index is 13.1. The summed E-state index contributed by atoms with van der Waals surface area (Å²) < 4.78 is 11.8. The fraction of sp³-hybridized carbons (Fsp3) is 0.192. The van der Waals surface area contributed by atoms with Crippen LogP contribution in [0.1, 0.15) is 23.2 Å². The van der Waals surface area contributed by atoms with Crippen molar-refractivity contribution in [1.29, 1.82) is 0 Å². The van der Waals surface area contributed by atoms with E-state index in [-0.39, 0.29) is 12.2 Å². The summed E-state index contributed by atoms with van der Waals surface area (Å²) in [6.45, 7) is 4.66. The van der Waals surface area contributed by atoms with Gasteiger partial charge in [0.05, 0.1) is 12.2 Å². The smallest absolute Gasteiger partial charge is 0.338 e. The van der Waals surface area contributed by atoms with Crippen LogP contribution in [0.15, 0.2) is 70.2 Å². The number of nitrogens with one attached hydrogen (secondary N) is 1. The number of aromatic nitrogens is 4. The number of aryl methyl sites for hydroxylation is 1. The summed E-state index contributed by atoms with van der Waals surface area (Å²) in [6.07, 6.45) is 3.49. The van der Waals surface area contributed by atoms with Crippen LogP contribution < -0.4 is 10.9 Å². The molecule has 0 amide bonds. The highest BCUT2D eigenvalue weighted by Crippen LogP contribution is 2.26. The highest BCUT2D eigenvalue weighted by molar-refractivity contribution is 5.95. The number of ether oxygens (including phenoxy) is 1. The van der Waals surface area contributed by atoms with E-state index in [0.29, 0.717) is 41.6 Å². The van der Waals surface area contributed by atoms with Crippen LogP contribution in [0.4, 0.5) is 5.82 Å². The van der Waals surface area contributed by atoms with Gasteiger partial charge in [0.1, 0.15) is 5.82 Å². The molecule has 0 bridgehead atoms. The molecule has 0 saturated heterocycles. The van der Waals surface area contributed by atoms with E-state index in [1.807, 2.05) is 30.3 Å². The molecule has 3 heterocycles. The van der Waals surface area contributed by atoms with Crippen molar-refractivity contribution in [3.8, 4) is 11.4 Å². The summed E-state index contributed by atoms with van der Waals surface area (Å²) in [7, 11) is 0. The van der Waals surface area contributed by atoms with Gasteiger partial charge in [-0.05, 0) is 48.0 Å². The minimum absolute atomic E-state index is 0.170. The zero-order valence-corrected chi connectivity index (χ0v) is 19.3. The third kappa shape index (κ3) is 4.48. The number of pyridine rings is 2. The van der Waals surface area contributed by atoms with Crippen LogP contribution in [-0.2, 0) is 11.3 Å². The van der Waals surface area contributed by atoms with Crippen molar-refractivity contribution in [1.82, 2.24) is 19.7 Å². The molecule has 0 aliphatic heterocycles. The molecule has 5 aromatic rings. The zero-order valence-electron chi connectivity index (χ0n) is 19.3. The lowest BCUT2D eigenvalue weighted by Gasteiger charge is -2.12. The molecule has 0 unspecified atom stereocenters. The molecular formula is C26H23N5O4. The molecule has 2 aromatic carbocycles. The molecule has 0 fully saturated rings. The van der Waals surface area contributed by atoms with Crippen LogP contribution in [0.25, 0.3) is 32.9 Å². The molecule has 176 valence electrons. The van der Waals surface area contributed by atoms with Crippen LogP contribution in [-0.4, -0.2) is 38.8 Å². The van der Waals surface area contributed by atoms with Gasteiger partial charge in [-0.3, -0.25) is 4.79 Å². The number of benzene rings is 2. The Morgan fingerprint density at radius 1 is 1.09 bits per heavy atom. The molecule has 0 atom stereocenters. The number of hydrogen-bond donors (Lipinski definition) is 1. The van der Waals surface area contributed by atoms with Crippen LogP contribution in [0.3, 0.4) is 0 Å². The maximum Gasteiger partial charge on any atom is 0.338 e. The van der Waals surface area contributed by atoms with Crippen molar-refractivity contribution >= 4 is 33.3 Å². The average Bonchev–Trinajstić information content (AvgIpc) is 3.31.